The fourth-order valence-electron chi connectivity index (χ4n) is 4.68. The Bertz CT molecular complexity index is 1170. The second-order valence-corrected chi connectivity index (χ2v) is 8.47. The second kappa shape index (κ2) is 8.13. The normalized spacial score (nSPS) is 21.9. The van der Waals surface area contributed by atoms with Gasteiger partial charge in [-0.1, -0.05) is 6.07 Å². The van der Waals surface area contributed by atoms with Crippen molar-refractivity contribution in [1.82, 2.24) is 19.9 Å². The number of halogens is 3. The monoisotopic (exact) mass is 454 g/mol. The maximum Gasteiger partial charge on any atom is 0.417 e. The number of carbonyl (C=O) groups excluding carboxylic acids is 1. The Labute approximate surface area is 188 Å². The van der Waals surface area contributed by atoms with Crippen molar-refractivity contribution in [2.75, 3.05) is 6.54 Å². The van der Waals surface area contributed by atoms with Crippen molar-refractivity contribution >= 4 is 5.91 Å². The zero-order valence-corrected chi connectivity index (χ0v) is 17.8. The summed E-state index contributed by atoms with van der Waals surface area (Å²) in [7, 11) is 0. The van der Waals surface area contributed by atoms with Crippen LogP contribution in [0, 0.1) is 12.8 Å². The Morgan fingerprint density at radius 2 is 1.94 bits per heavy atom. The van der Waals surface area contributed by atoms with E-state index < -0.39 is 11.7 Å². The summed E-state index contributed by atoms with van der Waals surface area (Å²) in [6.45, 7) is 2.47. The van der Waals surface area contributed by atoms with Gasteiger partial charge in [-0.15, -0.1) is 0 Å². The summed E-state index contributed by atoms with van der Waals surface area (Å²) < 4.78 is 44.3. The minimum absolute atomic E-state index is 0.124. The summed E-state index contributed by atoms with van der Waals surface area (Å²) in [4.78, 5) is 28.1. The van der Waals surface area contributed by atoms with Crippen LogP contribution in [0.3, 0.4) is 0 Å². The van der Waals surface area contributed by atoms with Crippen LogP contribution < -0.4 is 4.74 Å². The van der Waals surface area contributed by atoms with Gasteiger partial charge in [-0.3, -0.25) is 14.8 Å². The summed E-state index contributed by atoms with van der Waals surface area (Å²) >= 11 is 0. The van der Waals surface area contributed by atoms with E-state index in [0.717, 1.165) is 30.8 Å². The molecule has 2 bridgehead atoms. The van der Waals surface area contributed by atoms with Crippen molar-refractivity contribution in [2.45, 2.75) is 38.1 Å². The molecule has 3 aromatic heterocycles. The van der Waals surface area contributed by atoms with E-state index in [1.165, 1.54) is 6.07 Å². The van der Waals surface area contributed by atoms with Crippen molar-refractivity contribution in [3.63, 3.8) is 0 Å². The maximum atomic E-state index is 13.6. The third-order valence-corrected chi connectivity index (χ3v) is 6.19. The van der Waals surface area contributed by atoms with Crippen LogP contribution in [0.25, 0.3) is 11.4 Å². The molecule has 33 heavy (non-hydrogen) atoms. The molecule has 2 fully saturated rings. The van der Waals surface area contributed by atoms with E-state index >= 15 is 0 Å². The molecule has 5 rings (SSSR count). The zero-order chi connectivity index (χ0) is 23.2. The summed E-state index contributed by atoms with van der Waals surface area (Å²) in [6.07, 6.45) is -0.830. The number of carbonyl (C=O) groups is 1. The minimum atomic E-state index is -4.45. The summed E-state index contributed by atoms with van der Waals surface area (Å²) in [5, 5.41) is 0. The first kappa shape index (κ1) is 21.4. The van der Waals surface area contributed by atoms with Gasteiger partial charge in [0.05, 0.1) is 22.9 Å². The molecule has 6 nitrogen and oxygen atoms in total. The lowest BCUT2D eigenvalue weighted by molar-refractivity contribution is -0.137. The number of aryl methyl sites for hydroxylation is 1. The van der Waals surface area contributed by atoms with Gasteiger partial charge in [0.2, 0.25) is 5.88 Å². The number of ether oxygens (including phenoxy) is 1. The number of fused-ring (bicyclic) bond motifs is 2. The number of amides is 1. The van der Waals surface area contributed by atoms with Crippen molar-refractivity contribution < 1.29 is 22.7 Å². The number of rotatable bonds is 4. The van der Waals surface area contributed by atoms with Gasteiger partial charge in [0.15, 0.2) is 0 Å². The summed E-state index contributed by atoms with van der Waals surface area (Å²) in [6, 6.07) is 11.0. The largest absolute Gasteiger partial charge is 0.472 e. The molecule has 0 spiro atoms. The molecule has 1 saturated carbocycles. The average Bonchev–Trinajstić information content (AvgIpc) is 3.40. The Balaban J connectivity index is 1.37. The van der Waals surface area contributed by atoms with Crippen LogP contribution >= 0.6 is 0 Å². The standard InChI is InChI=1S/C24H21F3N4O2/c1-14-5-7-17(22(30-14)18-4-2-3-9-28-18)23(32)31-13-15-10-19(31)20(11-15)33-21-8-6-16(12-29-21)24(25,26)27/h2-9,12,15,19-20H,10-11,13H2,1H3/t15-,19+,20-/m1/s1. The molecule has 0 radical (unpaired) electrons. The first-order valence-corrected chi connectivity index (χ1v) is 10.7. The quantitative estimate of drug-likeness (QED) is 0.579. The fourth-order valence-corrected chi connectivity index (χ4v) is 4.68. The van der Waals surface area contributed by atoms with Crippen molar-refractivity contribution in [2.24, 2.45) is 5.92 Å². The molecular weight excluding hydrogens is 433 g/mol. The van der Waals surface area contributed by atoms with Crippen molar-refractivity contribution in [3.8, 4) is 17.3 Å². The Morgan fingerprint density at radius 1 is 1.09 bits per heavy atom. The molecule has 1 aliphatic heterocycles. The molecular formula is C24H21F3N4O2. The predicted molar refractivity (Wildman–Crippen MR) is 113 cm³/mol. The molecule has 1 amide bonds. The van der Waals surface area contributed by atoms with Crippen molar-refractivity contribution in [3.05, 3.63) is 71.7 Å². The van der Waals surface area contributed by atoms with E-state index in [4.69, 9.17) is 4.74 Å². The smallest absolute Gasteiger partial charge is 0.417 e. The van der Waals surface area contributed by atoms with Gasteiger partial charge in [0.25, 0.3) is 5.91 Å². The number of aromatic nitrogens is 3. The number of hydrogen-bond donors (Lipinski definition) is 0. The van der Waals surface area contributed by atoms with E-state index in [1.807, 2.05) is 19.1 Å². The summed E-state index contributed by atoms with van der Waals surface area (Å²) in [5.74, 6) is 0.249. The molecule has 0 aromatic carbocycles. The lowest BCUT2D eigenvalue weighted by Gasteiger charge is -2.33. The van der Waals surface area contributed by atoms with E-state index in [0.29, 0.717) is 23.5 Å². The highest BCUT2D eigenvalue weighted by Crippen LogP contribution is 2.41. The van der Waals surface area contributed by atoms with Crippen LogP contribution in [0.2, 0.25) is 0 Å². The van der Waals surface area contributed by atoms with Crippen LogP contribution in [0.4, 0.5) is 13.2 Å². The van der Waals surface area contributed by atoms with Crippen LogP contribution in [-0.4, -0.2) is 44.4 Å². The fraction of sp³-hybridized carbons (Fsp3) is 0.333. The number of pyridine rings is 3. The molecule has 9 heteroatoms. The number of nitrogens with zero attached hydrogens (tertiary/aromatic N) is 4. The third-order valence-electron chi connectivity index (χ3n) is 6.19. The molecule has 3 atom stereocenters. The third kappa shape index (κ3) is 4.15. The van der Waals surface area contributed by atoms with Crippen molar-refractivity contribution in [1.29, 1.82) is 0 Å². The lowest BCUT2D eigenvalue weighted by atomic mass is 10.0. The van der Waals surface area contributed by atoms with Gasteiger partial charge in [-0.2, -0.15) is 13.2 Å². The second-order valence-electron chi connectivity index (χ2n) is 8.47. The Morgan fingerprint density at radius 3 is 2.61 bits per heavy atom. The number of hydrogen-bond acceptors (Lipinski definition) is 5. The molecule has 1 aliphatic carbocycles. The van der Waals surface area contributed by atoms with Gasteiger partial charge in [-0.05, 0) is 56.0 Å². The molecule has 170 valence electrons. The topological polar surface area (TPSA) is 68.2 Å². The molecule has 0 unspecified atom stereocenters. The highest BCUT2D eigenvalue weighted by Gasteiger charge is 2.49. The van der Waals surface area contributed by atoms with E-state index in [9.17, 15) is 18.0 Å². The van der Waals surface area contributed by atoms with E-state index in [1.54, 1.807) is 29.3 Å². The highest BCUT2D eigenvalue weighted by atomic mass is 19.4. The van der Waals surface area contributed by atoms with Crippen LogP contribution in [0.15, 0.2) is 54.9 Å². The van der Waals surface area contributed by atoms with E-state index in [2.05, 4.69) is 15.0 Å². The van der Waals surface area contributed by atoms with Gasteiger partial charge < -0.3 is 9.64 Å². The SMILES string of the molecule is Cc1ccc(C(=O)N2C[C@H]3C[C@@H](Oc4ccc(C(F)(F)F)cn4)[C@@H]2C3)c(-c2ccccn2)n1. The molecule has 0 N–H and O–H groups in total. The first-order valence-electron chi connectivity index (χ1n) is 10.7. The number of alkyl halides is 3. The van der Waals surface area contributed by atoms with Crippen LogP contribution in [-0.2, 0) is 6.18 Å². The highest BCUT2D eigenvalue weighted by molar-refractivity contribution is 6.00. The lowest BCUT2D eigenvalue weighted by Crippen LogP contribution is -2.47. The summed E-state index contributed by atoms with van der Waals surface area (Å²) in [5.41, 5.74) is 1.58. The maximum absolute atomic E-state index is 13.6. The Hall–Kier alpha value is -3.49. The number of piperidine rings is 1. The van der Waals surface area contributed by atoms with Gasteiger partial charge >= 0.3 is 6.18 Å². The van der Waals surface area contributed by atoms with Crippen LogP contribution in [0.5, 0.6) is 5.88 Å². The molecule has 4 heterocycles. The zero-order valence-electron chi connectivity index (χ0n) is 17.8. The average molecular weight is 454 g/mol. The van der Waals surface area contributed by atoms with Gasteiger partial charge in [-0.25, -0.2) is 4.98 Å². The van der Waals surface area contributed by atoms with Crippen LogP contribution in [0.1, 0.15) is 34.5 Å². The molecule has 3 aromatic rings. The van der Waals surface area contributed by atoms with E-state index in [-0.39, 0.29) is 29.9 Å². The van der Waals surface area contributed by atoms with Gasteiger partial charge in [0.1, 0.15) is 11.8 Å². The minimum Gasteiger partial charge on any atom is -0.472 e. The molecule has 1 saturated heterocycles. The number of likely N-dealkylation sites (tertiary alicyclic amines) is 1. The Kier molecular flexibility index (Phi) is 5.26. The first-order chi connectivity index (χ1) is 15.8. The predicted octanol–water partition coefficient (Wildman–Crippen LogP) is 4.55. The van der Waals surface area contributed by atoms with Gasteiger partial charge in [0, 0.05) is 30.7 Å². The molecule has 2 aliphatic rings.